The van der Waals surface area contributed by atoms with E-state index < -0.39 is 25.0 Å². The SMILES string of the molecule is O=c1[nH]c2cc(Cl)ccc2n(CP(=O)(O)O)c1=O. The molecule has 1 aromatic carbocycles. The van der Waals surface area contributed by atoms with Crippen molar-refractivity contribution in [2.24, 2.45) is 0 Å². The predicted molar refractivity (Wildman–Crippen MR) is 65.9 cm³/mol. The zero-order chi connectivity index (χ0) is 13.5. The molecular formula is C9H8ClN2O5P. The molecule has 0 amide bonds. The van der Waals surface area contributed by atoms with E-state index in [2.05, 4.69) is 4.98 Å². The maximum absolute atomic E-state index is 11.6. The topological polar surface area (TPSA) is 112 Å². The van der Waals surface area contributed by atoms with Crippen molar-refractivity contribution in [3.8, 4) is 0 Å². The number of hydrogen-bond acceptors (Lipinski definition) is 3. The smallest absolute Gasteiger partial charge is 0.323 e. The van der Waals surface area contributed by atoms with E-state index in [9.17, 15) is 14.2 Å². The number of nitrogens with one attached hydrogen (secondary N) is 1. The molecule has 0 unspecified atom stereocenters. The molecular weight excluding hydrogens is 283 g/mol. The molecule has 0 radical (unpaired) electrons. The molecule has 7 nitrogen and oxygen atoms in total. The summed E-state index contributed by atoms with van der Waals surface area (Å²) in [5, 5.41) is 0.333. The Labute approximate surface area is 105 Å². The lowest BCUT2D eigenvalue weighted by atomic mass is 10.3. The number of fused-ring (bicyclic) bond motifs is 1. The Kier molecular flexibility index (Phi) is 3.16. The van der Waals surface area contributed by atoms with Crippen molar-refractivity contribution in [3.63, 3.8) is 0 Å². The Morgan fingerprint density at radius 2 is 2.00 bits per heavy atom. The van der Waals surface area contributed by atoms with Crippen LogP contribution in [0.15, 0.2) is 27.8 Å². The first-order chi connectivity index (χ1) is 8.28. The van der Waals surface area contributed by atoms with E-state index in [1.165, 1.54) is 18.2 Å². The maximum Gasteiger partial charge on any atom is 0.345 e. The van der Waals surface area contributed by atoms with E-state index >= 15 is 0 Å². The monoisotopic (exact) mass is 290 g/mol. The lowest BCUT2D eigenvalue weighted by Gasteiger charge is -2.10. The van der Waals surface area contributed by atoms with Crippen LogP contribution in [-0.2, 0) is 10.9 Å². The molecule has 9 heteroatoms. The highest BCUT2D eigenvalue weighted by atomic mass is 35.5. The standard InChI is InChI=1S/C9H8ClN2O5P/c10-5-1-2-7-6(3-5)11-8(13)9(14)12(7)4-18(15,16)17/h1-3H,4H2,(H,11,13)(H2,15,16,17). The molecule has 2 aromatic rings. The average Bonchev–Trinajstić information content (AvgIpc) is 2.23. The molecule has 18 heavy (non-hydrogen) atoms. The van der Waals surface area contributed by atoms with Crippen molar-refractivity contribution in [2.45, 2.75) is 6.29 Å². The Balaban J connectivity index is 2.85. The molecule has 0 saturated carbocycles. The number of aromatic nitrogens is 2. The molecule has 96 valence electrons. The molecule has 2 rings (SSSR count). The predicted octanol–water partition coefficient (Wildman–Crippen LogP) is 0.478. The fourth-order valence-electron chi connectivity index (χ4n) is 1.58. The first-order valence-electron chi connectivity index (χ1n) is 4.75. The highest BCUT2D eigenvalue weighted by molar-refractivity contribution is 7.50. The van der Waals surface area contributed by atoms with Gasteiger partial charge in [0.15, 0.2) is 0 Å². The van der Waals surface area contributed by atoms with Gasteiger partial charge in [0.1, 0.15) is 6.29 Å². The molecule has 0 bridgehead atoms. The second-order valence-electron chi connectivity index (χ2n) is 3.65. The van der Waals surface area contributed by atoms with Gasteiger partial charge in [0.05, 0.1) is 11.0 Å². The lowest BCUT2D eigenvalue weighted by Crippen LogP contribution is -2.36. The second kappa shape index (κ2) is 4.37. The summed E-state index contributed by atoms with van der Waals surface area (Å²) in [7, 11) is -4.47. The normalized spacial score (nSPS) is 11.9. The van der Waals surface area contributed by atoms with Crippen molar-refractivity contribution >= 4 is 30.2 Å². The quantitative estimate of drug-likeness (QED) is 0.550. The highest BCUT2D eigenvalue weighted by Crippen LogP contribution is 2.36. The van der Waals surface area contributed by atoms with Gasteiger partial charge in [0.25, 0.3) is 0 Å². The molecule has 0 atom stereocenters. The number of hydrogen-bond donors (Lipinski definition) is 3. The van der Waals surface area contributed by atoms with Crippen LogP contribution in [0.4, 0.5) is 0 Å². The number of nitrogens with zero attached hydrogens (tertiary/aromatic N) is 1. The van der Waals surface area contributed by atoms with E-state index in [1.807, 2.05) is 0 Å². The Morgan fingerprint density at radius 1 is 1.33 bits per heavy atom. The van der Waals surface area contributed by atoms with Gasteiger partial charge in [-0.3, -0.25) is 18.7 Å². The van der Waals surface area contributed by atoms with Crippen LogP contribution in [0.5, 0.6) is 0 Å². The maximum atomic E-state index is 11.6. The Morgan fingerprint density at radius 3 is 2.61 bits per heavy atom. The van der Waals surface area contributed by atoms with E-state index in [1.54, 1.807) is 0 Å². The summed E-state index contributed by atoms with van der Waals surface area (Å²) in [6.07, 6.45) is -0.853. The van der Waals surface area contributed by atoms with Gasteiger partial charge in [-0.1, -0.05) is 11.6 Å². The second-order valence-corrected chi connectivity index (χ2v) is 5.70. The third-order valence-electron chi connectivity index (χ3n) is 2.26. The summed E-state index contributed by atoms with van der Waals surface area (Å²) in [6.45, 7) is 0. The van der Waals surface area contributed by atoms with Crippen LogP contribution in [0.1, 0.15) is 0 Å². The fraction of sp³-hybridized carbons (Fsp3) is 0.111. The number of H-pyrrole nitrogens is 1. The molecule has 1 aromatic heterocycles. The largest absolute Gasteiger partial charge is 0.345 e. The van der Waals surface area contributed by atoms with E-state index in [0.29, 0.717) is 5.02 Å². The van der Waals surface area contributed by atoms with Crippen LogP contribution in [0, 0.1) is 0 Å². The molecule has 0 fully saturated rings. The Hall–Kier alpha value is -1.40. The first kappa shape index (κ1) is 13.0. The molecule has 0 aliphatic heterocycles. The van der Waals surface area contributed by atoms with Crippen LogP contribution in [0.25, 0.3) is 11.0 Å². The van der Waals surface area contributed by atoms with Crippen molar-refractivity contribution in [1.29, 1.82) is 0 Å². The van der Waals surface area contributed by atoms with Gasteiger partial charge in [-0.25, -0.2) is 0 Å². The van der Waals surface area contributed by atoms with Crippen molar-refractivity contribution in [1.82, 2.24) is 9.55 Å². The molecule has 3 N–H and O–H groups in total. The number of aromatic amines is 1. The zero-order valence-electron chi connectivity index (χ0n) is 8.83. The minimum absolute atomic E-state index is 0.201. The van der Waals surface area contributed by atoms with Gasteiger partial charge >= 0.3 is 18.7 Å². The van der Waals surface area contributed by atoms with Crippen molar-refractivity contribution in [2.75, 3.05) is 0 Å². The van der Waals surface area contributed by atoms with Crippen molar-refractivity contribution < 1.29 is 14.4 Å². The third kappa shape index (κ3) is 2.54. The molecule has 0 aliphatic rings. The van der Waals surface area contributed by atoms with Crippen LogP contribution in [0.2, 0.25) is 5.02 Å². The van der Waals surface area contributed by atoms with Gasteiger partial charge in [0, 0.05) is 5.02 Å². The minimum atomic E-state index is -4.47. The van der Waals surface area contributed by atoms with E-state index in [-0.39, 0.29) is 11.0 Å². The van der Waals surface area contributed by atoms with E-state index in [4.69, 9.17) is 21.4 Å². The highest BCUT2D eigenvalue weighted by Gasteiger charge is 2.18. The van der Waals surface area contributed by atoms with Gasteiger partial charge < -0.3 is 14.8 Å². The third-order valence-corrected chi connectivity index (χ3v) is 3.15. The molecule has 1 heterocycles. The molecule has 0 aliphatic carbocycles. The average molecular weight is 291 g/mol. The summed E-state index contributed by atoms with van der Waals surface area (Å²) in [5.74, 6) is 0. The Bertz CT molecular complexity index is 775. The van der Waals surface area contributed by atoms with Gasteiger partial charge in [-0.15, -0.1) is 0 Å². The van der Waals surface area contributed by atoms with Crippen molar-refractivity contribution in [3.05, 3.63) is 43.9 Å². The van der Waals surface area contributed by atoms with E-state index in [0.717, 1.165) is 4.57 Å². The van der Waals surface area contributed by atoms with Crippen LogP contribution in [-0.4, -0.2) is 19.3 Å². The summed E-state index contributed by atoms with van der Waals surface area (Å²) >= 11 is 5.73. The van der Waals surface area contributed by atoms with Crippen LogP contribution >= 0.6 is 19.2 Å². The first-order valence-corrected chi connectivity index (χ1v) is 6.92. The van der Waals surface area contributed by atoms with Crippen LogP contribution in [0.3, 0.4) is 0 Å². The fourth-order valence-corrected chi connectivity index (χ4v) is 2.40. The lowest BCUT2D eigenvalue weighted by molar-refractivity contribution is 0.362. The summed E-state index contributed by atoms with van der Waals surface area (Å²) in [6, 6.07) is 4.26. The summed E-state index contributed by atoms with van der Waals surface area (Å²) < 4.78 is 11.7. The number of halogens is 1. The molecule has 0 saturated heterocycles. The minimum Gasteiger partial charge on any atom is -0.323 e. The van der Waals surface area contributed by atoms with Gasteiger partial charge in [0.2, 0.25) is 0 Å². The van der Waals surface area contributed by atoms with Crippen LogP contribution < -0.4 is 11.1 Å². The summed E-state index contributed by atoms with van der Waals surface area (Å²) in [4.78, 5) is 43.1. The number of rotatable bonds is 2. The molecule has 0 spiro atoms. The number of benzene rings is 1. The van der Waals surface area contributed by atoms with Gasteiger partial charge in [-0.05, 0) is 18.2 Å². The summed E-state index contributed by atoms with van der Waals surface area (Å²) in [5.41, 5.74) is -1.54. The zero-order valence-corrected chi connectivity index (χ0v) is 10.5. The van der Waals surface area contributed by atoms with Gasteiger partial charge in [-0.2, -0.15) is 0 Å².